The zero-order chi connectivity index (χ0) is 27.4. The number of halogens is 1. The minimum Gasteiger partial charge on any atom is -0.494 e. The molecule has 7 heteroatoms. The molecule has 1 aliphatic rings. The molecule has 1 aliphatic heterocycles. The first kappa shape index (κ1) is 26.6. The standard InChI is InChI=1S/C32H35FN4O2/c1-4-26(24-10-6-5-7-11-24)32(38)35(2)22-28-27-21-36(20-23-14-16-25(33)17-15-23)19-18-29(27)37(34-28)30-12-8-9-13-31(30)39-3/h5-17,26H,4,18-22H2,1-3H3. The Morgan fingerprint density at radius 3 is 2.49 bits per heavy atom. The van der Waals surface area contributed by atoms with Gasteiger partial charge in [0.1, 0.15) is 17.3 Å². The molecule has 1 atom stereocenters. The predicted molar refractivity (Wildman–Crippen MR) is 150 cm³/mol. The van der Waals surface area contributed by atoms with Gasteiger partial charge in [-0.2, -0.15) is 5.10 Å². The summed E-state index contributed by atoms with van der Waals surface area (Å²) < 4.78 is 21.1. The fourth-order valence-corrected chi connectivity index (χ4v) is 5.46. The van der Waals surface area contributed by atoms with Crippen molar-refractivity contribution >= 4 is 5.91 Å². The van der Waals surface area contributed by atoms with Crippen LogP contribution in [0.3, 0.4) is 0 Å². The summed E-state index contributed by atoms with van der Waals surface area (Å²) in [5.41, 5.74) is 6.16. The highest BCUT2D eigenvalue weighted by Crippen LogP contribution is 2.31. The Balaban J connectivity index is 1.46. The third-order valence-corrected chi connectivity index (χ3v) is 7.52. The van der Waals surface area contributed by atoms with Crippen molar-refractivity contribution in [2.24, 2.45) is 0 Å². The van der Waals surface area contributed by atoms with Crippen LogP contribution in [0, 0.1) is 5.82 Å². The zero-order valence-corrected chi connectivity index (χ0v) is 22.8. The summed E-state index contributed by atoms with van der Waals surface area (Å²) in [4.78, 5) is 17.7. The number of amides is 1. The maximum absolute atomic E-state index is 13.6. The van der Waals surface area contributed by atoms with E-state index in [1.165, 1.54) is 12.1 Å². The van der Waals surface area contributed by atoms with Crippen molar-refractivity contribution in [3.63, 3.8) is 0 Å². The summed E-state index contributed by atoms with van der Waals surface area (Å²) in [6.45, 7) is 4.74. The largest absolute Gasteiger partial charge is 0.494 e. The number of fused-ring (bicyclic) bond motifs is 1. The first-order valence-corrected chi connectivity index (χ1v) is 13.5. The van der Waals surface area contributed by atoms with Gasteiger partial charge in [0.25, 0.3) is 0 Å². The van der Waals surface area contributed by atoms with Gasteiger partial charge in [-0.15, -0.1) is 0 Å². The van der Waals surface area contributed by atoms with Crippen LogP contribution >= 0.6 is 0 Å². The first-order chi connectivity index (χ1) is 19.0. The lowest BCUT2D eigenvalue weighted by atomic mass is 9.95. The highest BCUT2D eigenvalue weighted by atomic mass is 19.1. The van der Waals surface area contributed by atoms with E-state index in [0.717, 1.165) is 65.4 Å². The lowest BCUT2D eigenvalue weighted by molar-refractivity contribution is -0.132. The second-order valence-corrected chi connectivity index (χ2v) is 10.1. The maximum Gasteiger partial charge on any atom is 0.230 e. The summed E-state index contributed by atoms with van der Waals surface area (Å²) in [6.07, 6.45) is 1.53. The molecule has 1 aromatic heterocycles. The maximum atomic E-state index is 13.6. The molecule has 6 nitrogen and oxygen atoms in total. The number of likely N-dealkylation sites (N-methyl/N-ethyl adjacent to an activating group) is 1. The molecule has 0 spiro atoms. The van der Waals surface area contributed by atoms with Gasteiger partial charge in [-0.25, -0.2) is 9.07 Å². The molecule has 0 bridgehead atoms. The average molecular weight is 527 g/mol. The highest BCUT2D eigenvalue weighted by molar-refractivity contribution is 5.83. The molecular weight excluding hydrogens is 491 g/mol. The number of benzene rings is 3. The fraction of sp³-hybridized carbons (Fsp3) is 0.312. The monoisotopic (exact) mass is 526 g/mol. The van der Waals surface area contributed by atoms with E-state index in [9.17, 15) is 9.18 Å². The van der Waals surface area contributed by atoms with Gasteiger partial charge in [0, 0.05) is 38.7 Å². The summed E-state index contributed by atoms with van der Waals surface area (Å²) in [6, 6.07) is 24.5. The van der Waals surface area contributed by atoms with Gasteiger partial charge in [0.05, 0.1) is 31.0 Å². The van der Waals surface area contributed by atoms with E-state index in [-0.39, 0.29) is 17.6 Å². The molecule has 0 saturated carbocycles. The highest BCUT2D eigenvalue weighted by Gasteiger charge is 2.29. The quantitative estimate of drug-likeness (QED) is 0.280. The third-order valence-electron chi connectivity index (χ3n) is 7.52. The molecule has 0 N–H and O–H groups in total. The number of ether oxygens (including phenoxy) is 1. The summed E-state index contributed by atoms with van der Waals surface area (Å²) >= 11 is 0. The van der Waals surface area contributed by atoms with Crippen molar-refractivity contribution in [3.05, 3.63) is 113 Å². The smallest absolute Gasteiger partial charge is 0.230 e. The van der Waals surface area contributed by atoms with Crippen LogP contribution in [0.25, 0.3) is 5.69 Å². The number of carbonyl (C=O) groups is 1. The SMILES string of the molecule is CCC(C(=O)N(C)Cc1nn(-c2ccccc2OC)c2c1CN(Cc1ccc(F)cc1)CC2)c1ccccc1. The second-order valence-electron chi connectivity index (χ2n) is 10.1. The Hall–Kier alpha value is -3.97. The van der Waals surface area contributed by atoms with Gasteiger partial charge in [-0.1, -0.05) is 61.5 Å². The van der Waals surface area contributed by atoms with Gasteiger partial charge in [-0.3, -0.25) is 9.69 Å². The molecule has 39 heavy (non-hydrogen) atoms. The first-order valence-electron chi connectivity index (χ1n) is 13.5. The van der Waals surface area contributed by atoms with Crippen LogP contribution in [0.2, 0.25) is 0 Å². The number of hydrogen-bond donors (Lipinski definition) is 0. The number of para-hydroxylation sites is 2. The Morgan fingerprint density at radius 1 is 1.05 bits per heavy atom. The molecule has 0 saturated heterocycles. The predicted octanol–water partition coefficient (Wildman–Crippen LogP) is 5.73. The minimum atomic E-state index is -0.228. The van der Waals surface area contributed by atoms with E-state index in [2.05, 4.69) is 11.8 Å². The van der Waals surface area contributed by atoms with E-state index < -0.39 is 0 Å². The number of methoxy groups -OCH3 is 1. The van der Waals surface area contributed by atoms with Gasteiger partial charge >= 0.3 is 0 Å². The number of rotatable bonds is 9. The van der Waals surface area contributed by atoms with Crippen LogP contribution < -0.4 is 4.74 Å². The third kappa shape index (κ3) is 5.73. The van der Waals surface area contributed by atoms with Crippen LogP contribution in [-0.2, 0) is 30.8 Å². The van der Waals surface area contributed by atoms with Gasteiger partial charge in [0.15, 0.2) is 0 Å². The van der Waals surface area contributed by atoms with Crippen molar-refractivity contribution in [1.29, 1.82) is 0 Å². The number of nitrogens with zero attached hydrogens (tertiary/aromatic N) is 4. The van der Waals surface area contributed by atoms with Crippen LogP contribution in [0.5, 0.6) is 5.75 Å². The normalized spacial score (nSPS) is 14.1. The Labute approximate surface area is 229 Å². The van der Waals surface area contributed by atoms with E-state index in [1.807, 2.05) is 78.5 Å². The molecule has 1 amide bonds. The van der Waals surface area contributed by atoms with Crippen LogP contribution in [-0.4, -0.2) is 46.2 Å². The summed E-state index contributed by atoms with van der Waals surface area (Å²) in [7, 11) is 3.53. The number of aromatic nitrogens is 2. The average Bonchev–Trinajstić information content (AvgIpc) is 3.32. The van der Waals surface area contributed by atoms with E-state index in [4.69, 9.17) is 9.84 Å². The molecule has 5 rings (SSSR count). The van der Waals surface area contributed by atoms with Crippen LogP contribution in [0.15, 0.2) is 78.9 Å². The van der Waals surface area contributed by atoms with Crippen LogP contribution in [0.1, 0.15) is 47.3 Å². The lowest BCUT2D eigenvalue weighted by Gasteiger charge is -2.28. The topological polar surface area (TPSA) is 50.6 Å². The number of hydrogen-bond acceptors (Lipinski definition) is 4. The molecule has 3 aromatic carbocycles. The Morgan fingerprint density at radius 2 is 1.77 bits per heavy atom. The summed E-state index contributed by atoms with van der Waals surface area (Å²) in [5, 5.41) is 5.07. The van der Waals surface area contributed by atoms with Gasteiger partial charge < -0.3 is 9.64 Å². The lowest BCUT2D eigenvalue weighted by Crippen LogP contribution is -2.33. The molecule has 4 aromatic rings. The van der Waals surface area contributed by atoms with Crippen molar-refractivity contribution < 1.29 is 13.9 Å². The van der Waals surface area contributed by atoms with Crippen molar-refractivity contribution in [2.45, 2.75) is 45.3 Å². The van der Waals surface area contributed by atoms with Gasteiger partial charge in [0.2, 0.25) is 5.91 Å². The van der Waals surface area contributed by atoms with Crippen LogP contribution in [0.4, 0.5) is 4.39 Å². The number of carbonyl (C=O) groups excluding carboxylic acids is 1. The van der Waals surface area contributed by atoms with E-state index in [0.29, 0.717) is 13.1 Å². The zero-order valence-electron chi connectivity index (χ0n) is 22.8. The fourth-order valence-electron chi connectivity index (χ4n) is 5.46. The van der Waals surface area contributed by atoms with Crippen molar-refractivity contribution in [3.8, 4) is 11.4 Å². The van der Waals surface area contributed by atoms with Crippen molar-refractivity contribution in [2.75, 3.05) is 20.7 Å². The van der Waals surface area contributed by atoms with E-state index in [1.54, 1.807) is 12.0 Å². The molecule has 0 radical (unpaired) electrons. The van der Waals surface area contributed by atoms with Crippen molar-refractivity contribution in [1.82, 2.24) is 19.6 Å². The summed E-state index contributed by atoms with van der Waals surface area (Å²) in [5.74, 6) is 0.415. The molecule has 0 aliphatic carbocycles. The molecule has 1 unspecified atom stereocenters. The molecule has 202 valence electrons. The Bertz CT molecular complexity index is 1420. The molecule has 2 heterocycles. The molecule has 0 fully saturated rings. The minimum absolute atomic E-state index is 0.0864. The molecular formula is C32H35FN4O2. The second kappa shape index (κ2) is 11.8. The van der Waals surface area contributed by atoms with Gasteiger partial charge in [-0.05, 0) is 41.8 Å². The Kier molecular flexibility index (Phi) is 8.07. The van der Waals surface area contributed by atoms with E-state index >= 15 is 0 Å².